The standard InChI is InChI=1S/C17H15ClN6OS/c1-24-16(12-5-7-13(18)8-6-12)22-23-17(24)26-11-15(25)21-20-10-14-4-2-3-9-19-14/h2-10H,11H2,1H3,(H,21,25). The zero-order valence-corrected chi connectivity index (χ0v) is 15.4. The highest BCUT2D eigenvalue weighted by molar-refractivity contribution is 7.99. The van der Waals surface area contributed by atoms with Gasteiger partial charge in [0.2, 0.25) is 0 Å². The van der Waals surface area contributed by atoms with Gasteiger partial charge in [0.1, 0.15) is 0 Å². The topological polar surface area (TPSA) is 85.1 Å². The fraction of sp³-hybridized carbons (Fsp3) is 0.118. The van der Waals surface area contributed by atoms with Crippen molar-refractivity contribution in [3.05, 3.63) is 59.4 Å². The van der Waals surface area contributed by atoms with Crippen molar-refractivity contribution >= 4 is 35.5 Å². The predicted molar refractivity (Wildman–Crippen MR) is 102 cm³/mol. The number of pyridine rings is 1. The van der Waals surface area contributed by atoms with Crippen molar-refractivity contribution in [2.75, 3.05) is 5.75 Å². The number of hydrogen-bond donors (Lipinski definition) is 1. The quantitative estimate of drug-likeness (QED) is 0.400. The summed E-state index contributed by atoms with van der Waals surface area (Å²) in [7, 11) is 1.85. The fourth-order valence-corrected chi connectivity index (χ4v) is 2.91. The van der Waals surface area contributed by atoms with E-state index in [0.29, 0.717) is 21.7 Å². The van der Waals surface area contributed by atoms with Gasteiger partial charge in [-0.15, -0.1) is 10.2 Å². The number of hydrazone groups is 1. The van der Waals surface area contributed by atoms with Crippen LogP contribution in [0.25, 0.3) is 11.4 Å². The summed E-state index contributed by atoms with van der Waals surface area (Å²) in [6.45, 7) is 0. The van der Waals surface area contributed by atoms with Gasteiger partial charge in [-0.3, -0.25) is 9.78 Å². The van der Waals surface area contributed by atoms with Crippen LogP contribution >= 0.6 is 23.4 Å². The van der Waals surface area contributed by atoms with E-state index in [2.05, 4.69) is 25.7 Å². The number of aromatic nitrogens is 4. The molecule has 1 amide bonds. The Kier molecular flexibility index (Phi) is 5.98. The molecule has 1 N–H and O–H groups in total. The molecule has 0 radical (unpaired) electrons. The molecule has 3 aromatic rings. The van der Waals surface area contributed by atoms with E-state index in [1.54, 1.807) is 24.4 Å². The van der Waals surface area contributed by atoms with Crippen molar-refractivity contribution in [1.82, 2.24) is 25.2 Å². The van der Waals surface area contributed by atoms with Gasteiger partial charge in [0.15, 0.2) is 11.0 Å². The molecule has 0 saturated carbocycles. The summed E-state index contributed by atoms with van der Waals surface area (Å²) in [4.78, 5) is 16.0. The smallest absolute Gasteiger partial charge is 0.250 e. The zero-order chi connectivity index (χ0) is 18.4. The Bertz CT molecular complexity index is 911. The van der Waals surface area contributed by atoms with Gasteiger partial charge in [-0.05, 0) is 36.4 Å². The van der Waals surface area contributed by atoms with Crippen molar-refractivity contribution in [3.63, 3.8) is 0 Å². The molecule has 0 fully saturated rings. The van der Waals surface area contributed by atoms with E-state index in [1.165, 1.54) is 18.0 Å². The van der Waals surface area contributed by atoms with Crippen LogP contribution in [0.1, 0.15) is 5.69 Å². The molecule has 0 saturated heterocycles. The number of rotatable bonds is 6. The van der Waals surface area contributed by atoms with Crippen LogP contribution in [0, 0.1) is 0 Å². The highest BCUT2D eigenvalue weighted by atomic mass is 35.5. The second-order valence-corrected chi connectivity index (χ2v) is 6.59. The third-order valence-electron chi connectivity index (χ3n) is 3.34. The third kappa shape index (κ3) is 4.68. The molecule has 0 bridgehead atoms. The van der Waals surface area contributed by atoms with Crippen molar-refractivity contribution < 1.29 is 4.79 Å². The third-order valence-corrected chi connectivity index (χ3v) is 4.62. The van der Waals surface area contributed by atoms with Gasteiger partial charge in [-0.25, -0.2) is 5.43 Å². The van der Waals surface area contributed by atoms with Crippen LogP contribution in [0.4, 0.5) is 0 Å². The zero-order valence-electron chi connectivity index (χ0n) is 13.8. The van der Waals surface area contributed by atoms with E-state index in [-0.39, 0.29) is 11.7 Å². The van der Waals surface area contributed by atoms with Gasteiger partial charge >= 0.3 is 0 Å². The second-order valence-electron chi connectivity index (χ2n) is 5.21. The molecule has 0 atom stereocenters. The minimum atomic E-state index is -0.238. The number of thioether (sulfide) groups is 1. The first-order valence-electron chi connectivity index (χ1n) is 7.64. The number of nitrogens with one attached hydrogen (secondary N) is 1. The molecule has 132 valence electrons. The Morgan fingerprint density at radius 2 is 2.08 bits per heavy atom. The lowest BCUT2D eigenvalue weighted by Crippen LogP contribution is -2.20. The van der Waals surface area contributed by atoms with Gasteiger partial charge in [0, 0.05) is 23.8 Å². The van der Waals surface area contributed by atoms with Gasteiger partial charge < -0.3 is 4.57 Å². The van der Waals surface area contributed by atoms with E-state index < -0.39 is 0 Å². The maximum absolute atomic E-state index is 11.9. The molecular weight excluding hydrogens is 372 g/mol. The lowest BCUT2D eigenvalue weighted by Gasteiger charge is -2.03. The Labute approximate surface area is 159 Å². The second kappa shape index (κ2) is 8.59. The van der Waals surface area contributed by atoms with E-state index in [0.717, 1.165) is 5.56 Å². The van der Waals surface area contributed by atoms with Crippen LogP contribution in [0.2, 0.25) is 5.02 Å². The van der Waals surface area contributed by atoms with Crippen molar-refractivity contribution in [3.8, 4) is 11.4 Å². The summed E-state index contributed by atoms with van der Waals surface area (Å²) in [5.41, 5.74) is 4.03. The highest BCUT2D eigenvalue weighted by Crippen LogP contribution is 2.23. The van der Waals surface area contributed by atoms with Crippen molar-refractivity contribution in [2.24, 2.45) is 12.1 Å². The first-order chi connectivity index (χ1) is 12.6. The molecule has 0 spiro atoms. The summed E-state index contributed by atoms with van der Waals surface area (Å²) in [6.07, 6.45) is 3.15. The largest absolute Gasteiger partial charge is 0.305 e. The average molecular weight is 387 g/mol. The summed E-state index contributed by atoms with van der Waals surface area (Å²) in [5.74, 6) is 0.641. The average Bonchev–Trinajstić information content (AvgIpc) is 3.02. The maximum atomic E-state index is 11.9. The van der Waals surface area contributed by atoms with Crippen LogP contribution < -0.4 is 5.43 Å². The van der Waals surface area contributed by atoms with Crippen molar-refractivity contribution in [1.29, 1.82) is 0 Å². The summed E-state index contributed by atoms with van der Waals surface area (Å²) in [5, 5.41) is 13.5. The van der Waals surface area contributed by atoms with E-state index in [9.17, 15) is 4.79 Å². The fourth-order valence-electron chi connectivity index (χ4n) is 2.08. The maximum Gasteiger partial charge on any atom is 0.250 e. The molecule has 0 unspecified atom stereocenters. The van der Waals surface area contributed by atoms with Gasteiger partial charge in [0.05, 0.1) is 17.7 Å². The SMILES string of the molecule is Cn1c(SCC(=O)NN=Cc2ccccn2)nnc1-c1ccc(Cl)cc1. The van der Waals surface area contributed by atoms with E-state index in [1.807, 2.05) is 35.9 Å². The lowest BCUT2D eigenvalue weighted by atomic mass is 10.2. The molecule has 0 aliphatic heterocycles. The molecule has 9 heteroatoms. The number of amides is 1. The molecule has 3 rings (SSSR count). The number of carbonyl (C=O) groups excluding carboxylic acids is 1. The van der Waals surface area contributed by atoms with E-state index in [4.69, 9.17) is 11.6 Å². The van der Waals surface area contributed by atoms with Crippen LogP contribution in [0.5, 0.6) is 0 Å². The summed E-state index contributed by atoms with van der Waals surface area (Å²) < 4.78 is 1.83. The van der Waals surface area contributed by atoms with Gasteiger partial charge in [-0.2, -0.15) is 5.10 Å². The van der Waals surface area contributed by atoms with Gasteiger partial charge in [-0.1, -0.05) is 29.4 Å². The molecule has 0 aliphatic carbocycles. The minimum Gasteiger partial charge on any atom is -0.305 e. The predicted octanol–water partition coefficient (Wildman–Crippen LogP) is 2.77. The molecule has 1 aromatic carbocycles. The summed E-state index contributed by atoms with van der Waals surface area (Å²) in [6, 6.07) is 12.8. The van der Waals surface area contributed by atoms with Crippen molar-refractivity contribution in [2.45, 2.75) is 5.16 Å². The molecule has 0 aliphatic rings. The number of nitrogens with zero attached hydrogens (tertiary/aromatic N) is 5. The molecule has 2 heterocycles. The molecular formula is C17H15ClN6OS. The van der Waals surface area contributed by atoms with Crippen LogP contribution in [0.3, 0.4) is 0 Å². The number of carbonyl (C=O) groups is 1. The Morgan fingerprint density at radius 3 is 2.81 bits per heavy atom. The van der Waals surface area contributed by atoms with Crippen LogP contribution in [-0.2, 0) is 11.8 Å². The van der Waals surface area contributed by atoms with Crippen LogP contribution in [0.15, 0.2) is 58.9 Å². The Hall–Kier alpha value is -2.71. The highest BCUT2D eigenvalue weighted by Gasteiger charge is 2.12. The normalized spacial score (nSPS) is 11.0. The Morgan fingerprint density at radius 1 is 1.27 bits per heavy atom. The van der Waals surface area contributed by atoms with Crippen LogP contribution in [-0.4, -0.2) is 37.6 Å². The van der Waals surface area contributed by atoms with Gasteiger partial charge in [0.25, 0.3) is 5.91 Å². The lowest BCUT2D eigenvalue weighted by molar-refractivity contribution is -0.118. The number of benzene rings is 1. The molecule has 7 nitrogen and oxygen atoms in total. The number of halogens is 1. The Balaban J connectivity index is 1.55. The molecule has 26 heavy (non-hydrogen) atoms. The summed E-state index contributed by atoms with van der Waals surface area (Å²) >= 11 is 7.18. The first-order valence-corrected chi connectivity index (χ1v) is 9.01. The first kappa shape index (κ1) is 18.1. The minimum absolute atomic E-state index is 0.173. The number of hydrogen-bond acceptors (Lipinski definition) is 6. The van der Waals surface area contributed by atoms with E-state index >= 15 is 0 Å². The monoisotopic (exact) mass is 386 g/mol. The molecule has 2 aromatic heterocycles.